The second-order valence-corrected chi connectivity index (χ2v) is 7.79. The molecule has 0 aliphatic carbocycles. The van der Waals surface area contributed by atoms with Gasteiger partial charge >= 0.3 is 5.97 Å². The van der Waals surface area contributed by atoms with Crippen molar-refractivity contribution in [3.8, 4) is 22.6 Å². The third kappa shape index (κ3) is 4.88. The van der Waals surface area contributed by atoms with Crippen LogP contribution >= 0.6 is 11.3 Å². The number of esters is 1. The number of carbonyl (C=O) groups is 2. The molecule has 3 rings (SSSR count). The molecular formula is C24H25NO5S. The molecular weight excluding hydrogens is 414 g/mol. The monoisotopic (exact) mass is 439 g/mol. The SMILES string of the molecule is CCOC(=O)c1c(NC(=O)c2ccccc2OC)sc(C)c1-c1ccc(OCC)cc1. The van der Waals surface area contributed by atoms with E-state index in [1.54, 1.807) is 31.2 Å². The van der Waals surface area contributed by atoms with Crippen molar-refractivity contribution in [3.05, 3.63) is 64.5 Å². The number of ether oxygens (including phenoxy) is 3. The van der Waals surface area contributed by atoms with E-state index in [1.165, 1.54) is 18.4 Å². The summed E-state index contributed by atoms with van der Waals surface area (Å²) in [6.45, 7) is 6.39. The van der Waals surface area contributed by atoms with Crippen LogP contribution in [-0.2, 0) is 4.74 Å². The number of thiophene rings is 1. The van der Waals surface area contributed by atoms with Crippen molar-refractivity contribution in [1.82, 2.24) is 0 Å². The van der Waals surface area contributed by atoms with Gasteiger partial charge in [-0.15, -0.1) is 11.3 Å². The molecule has 1 N–H and O–H groups in total. The number of hydrogen-bond acceptors (Lipinski definition) is 6. The van der Waals surface area contributed by atoms with Gasteiger partial charge in [-0.25, -0.2) is 4.79 Å². The molecule has 1 amide bonds. The standard InChI is InChI=1S/C24H25NO5S/c1-5-29-17-13-11-16(12-14-17)20-15(3)31-23(21(20)24(27)30-6-2)25-22(26)18-9-7-8-10-19(18)28-4/h7-14H,5-6H2,1-4H3,(H,25,26). The average Bonchev–Trinajstić information content (AvgIpc) is 3.10. The highest BCUT2D eigenvalue weighted by Crippen LogP contribution is 2.41. The predicted octanol–water partition coefficient (Wildman–Crippen LogP) is 5.56. The Bertz CT molecular complexity index is 1070. The van der Waals surface area contributed by atoms with E-state index < -0.39 is 5.97 Å². The van der Waals surface area contributed by atoms with E-state index in [-0.39, 0.29) is 12.5 Å². The molecule has 2 aromatic carbocycles. The van der Waals surface area contributed by atoms with E-state index in [9.17, 15) is 9.59 Å². The first-order valence-corrected chi connectivity index (χ1v) is 10.8. The fourth-order valence-electron chi connectivity index (χ4n) is 3.27. The van der Waals surface area contributed by atoms with Crippen molar-refractivity contribution in [3.63, 3.8) is 0 Å². The highest BCUT2D eigenvalue weighted by atomic mass is 32.1. The minimum absolute atomic E-state index is 0.232. The number of carbonyl (C=O) groups excluding carboxylic acids is 2. The molecule has 0 spiro atoms. The third-order valence-electron chi connectivity index (χ3n) is 4.60. The summed E-state index contributed by atoms with van der Waals surface area (Å²) in [5.41, 5.74) is 2.31. The quantitative estimate of drug-likeness (QED) is 0.465. The number of nitrogens with one attached hydrogen (secondary N) is 1. The molecule has 162 valence electrons. The van der Waals surface area contributed by atoms with E-state index in [2.05, 4.69) is 5.32 Å². The Morgan fingerprint density at radius 3 is 2.35 bits per heavy atom. The van der Waals surface area contributed by atoms with Gasteiger partial charge in [0, 0.05) is 10.4 Å². The fourth-order valence-corrected chi connectivity index (χ4v) is 4.32. The number of hydrogen-bond donors (Lipinski definition) is 1. The number of benzene rings is 2. The van der Waals surface area contributed by atoms with Gasteiger partial charge in [0.2, 0.25) is 0 Å². The maximum atomic E-state index is 12.9. The van der Waals surface area contributed by atoms with E-state index >= 15 is 0 Å². The molecule has 1 heterocycles. The van der Waals surface area contributed by atoms with E-state index in [1.807, 2.05) is 38.1 Å². The van der Waals surface area contributed by atoms with Crippen LogP contribution in [0.3, 0.4) is 0 Å². The molecule has 31 heavy (non-hydrogen) atoms. The summed E-state index contributed by atoms with van der Waals surface area (Å²) in [6, 6.07) is 14.4. The van der Waals surface area contributed by atoms with Crippen LogP contribution in [0.4, 0.5) is 5.00 Å². The van der Waals surface area contributed by atoms with Gasteiger partial charge in [-0.1, -0.05) is 24.3 Å². The van der Waals surface area contributed by atoms with Crippen LogP contribution in [0, 0.1) is 6.92 Å². The lowest BCUT2D eigenvalue weighted by Crippen LogP contribution is -2.15. The van der Waals surface area contributed by atoms with Gasteiger partial charge in [0.15, 0.2) is 0 Å². The Morgan fingerprint density at radius 2 is 1.71 bits per heavy atom. The van der Waals surface area contributed by atoms with Crippen LogP contribution in [0.15, 0.2) is 48.5 Å². The smallest absolute Gasteiger partial charge is 0.341 e. The third-order valence-corrected chi connectivity index (χ3v) is 5.62. The number of rotatable bonds is 8. The number of amides is 1. The number of para-hydroxylation sites is 1. The van der Waals surface area contributed by atoms with Crippen molar-refractivity contribution in [2.45, 2.75) is 20.8 Å². The molecule has 6 nitrogen and oxygen atoms in total. The molecule has 0 aliphatic rings. The number of anilines is 1. The maximum Gasteiger partial charge on any atom is 0.341 e. The van der Waals surface area contributed by atoms with Gasteiger partial charge in [-0.3, -0.25) is 4.79 Å². The average molecular weight is 440 g/mol. The van der Waals surface area contributed by atoms with Gasteiger partial charge < -0.3 is 19.5 Å². The van der Waals surface area contributed by atoms with Crippen molar-refractivity contribution in [2.24, 2.45) is 0 Å². The Labute approximate surface area is 185 Å². The molecule has 0 radical (unpaired) electrons. The lowest BCUT2D eigenvalue weighted by Gasteiger charge is -2.11. The summed E-state index contributed by atoms with van der Waals surface area (Å²) in [5.74, 6) is 0.368. The second kappa shape index (κ2) is 10.1. The first kappa shape index (κ1) is 22.4. The second-order valence-electron chi connectivity index (χ2n) is 6.57. The minimum Gasteiger partial charge on any atom is -0.496 e. The molecule has 0 aliphatic heterocycles. The molecule has 0 unspecified atom stereocenters. The topological polar surface area (TPSA) is 73.9 Å². The summed E-state index contributed by atoms with van der Waals surface area (Å²) in [7, 11) is 1.51. The normalized spacial score (nSPS) is 10.5. The molecule has 0 saturated heterocycles. The zero-order valence-corrected chi connectivity index (χ0v) is 18.8. The van der Waals surface area contributed by atoms with Gasteiger partial charge in [-0.2, -0.15) is 0 Å². The molecule has 3 aromatic rings. The first-order chi connectivity index (χ1) is 15.0. The Kier molecular flexibility index (Phi) is 7.31. The van der Waals surface area contributed by atoms with Gasteiger partial charge in [0.25, 0.3) is 5.91 Å². The number of methoxy groups -OCH3 is 1. The summed E-state index contributed by atoms with van der Waals surface area (Å²) in [4.78, 5) is 26.7. The molecule has 0 fully saturated rings. The lowest BCUT2D eigenvalue weighted by atomic mass is 10.0. The molecule has 0 atom stereocenters. The van der Waals surface area contributed by atoms with Gasteiger partial charge in [-0.05, 0) is 50.6 Å². The minimum atomic E-state index is -0.480. The van der Waals surface area contributed by atoms with Crippen molar-refractivity contribution in [1.29, 1.82) is 0 Å². The summed E-state index contributed by atoms with van der Waals surface area (Å²) in [5, 5.41) is 3.32. The van der Waals surface area contributed by atoms with Gasteiger partial charge in [0.1, 0.15) is 22.1 Å². The zero-order valence-electron chi connectivity index (χ0n) is 18.0. The van der Waals surface area contributed by atoms with Crippen LogP contribution in [0.1, 0.15) is 39.4 Å². The van der Waals surface area contributed by atoms with E-state index in [0.29, 0.717) is 28.5 Å². The lowest BCUT2D eigenvalue weighted by molar-refractivity contribution is 0.0529. The van der Waals surface area contributed by atoms with Crippen LogP contribution in [0.25, 0.3) is 11.1 Å². The zero-order chi connectivity index (χ0) is 22.4. The predicted molar refractivity (Wildman–Crippen MR) is 123 cm³/mol. The summed E-state index contributed by atoms with van der Waals surface area (Å²) in [6.07, 6.45) is 0. The molecule has 7 heteroatoms. The molecule has 1 aromatic heterocycles. The Morgan fingerprint density at radius 1 is 1.00 bits per heavy atom. The van der Waals surface area contributed by atoms with Crippen LogP contribution in [0.2, 0.25) is 0 Å². The first-order valence-electron chi connectivity index (χ1n) is 9.98. The highest BCUT2D eigenvalue weighted by Gasteiger charge is 2.26. The van der Waals surface area contributed by atoms with Gasteiger partial charge in [0.05, 0.1) is 25.9 Å². The van der Waals surface area contributed by atoms with Crippen molar-refractivity contribution < 1.29 is 23.8 Å². The Balaban J connectivity index is 2.03. The highest BCUT2D eigenvalue weighted by molar-refractivity contribution is 7.17. The largest absolute Gasteiger partial charge is 0.496 e. The van der Waals surface area contributed by atoms with Crippen LogP contribution < -0.4 is 14.8 Å². The van der Waals surface area contributed by atoms with E-state index in [0.717, 1.165) is 21.8 Å². The van der Waals surface area contributed by atoms with E-state index in [4.69, 9.17) is 14.2 Å². The van der Waals surface area contributed by atoms with Crippen LogP contribution in [0.5, 0.6) is 11.5 Å². The Hall–Kier alpha value is -3.32. The van der Waals surface area contributed by atoms with Crippen molar-refractivity contribution in [2.75, 3.05) is 25.6 Å². The summed E-state index contributed by atoms with van der Waals surface area (Å²) >= 11 is 1.34. The van der Waals surface area contributed by atoms with Crippen LogP contribution in [-0.4, -0.2) is 32.2 Å². The van der Waals surface area contributed by atoms with Crippen molar-refractivity contribution >= 4 is 28.2 Å². The molecule has 0 saturated carbocycles. The summed E-state index contributed by atoms with van der Waals surface area (Å²) < 4.78 is 16.1. The maximum absolute atomic E-state index is 12.9. The fraction of sp³-hybridized carbons (Fsp3) is 0.250. The number of aryl methyl sites for hydroxylation is 1. The molecule has 0 bridgehead atoms.